The van der Waals surface area contributed by atoms with Crippen molar-refractivity contribution in [1.82, 2.24) is 4.90 Å². The maximum atomic E-state index is 5.72. The molecule has 0 aromatic heterocycles. The first kappa shape index (κ1) is 13.7. The van der Waals surface area contributed by atoms with Gasteiger partial charge in [0.15, 0.2) is 0 Å². The smallest absolute Gasteiger partial charge is 0.0165 e. The van der Waals surface area contributed by atoms with Crippen LogP contribution in [0.15, 0.2) is 12.7 Å². The van der Waals surface area contributed by atoms with Gasteiger partial charge in [-0.1, -0.05) is 19.4 Å². The Morgan fingerprint density at radius 1 is 1.43 bits per heavy atom. The summed E-state index contributed by atoms with van der Waals surface area (Å²) in [4.78, 5) is 2.43. The van der Waals surface area contributed by atoms with E-state index in [1.54, 1.807) is 0 Å². The van der Waals surface area contributed by atoms with Crippen LogP contribution in [0.3, 0.4) is 0 Å². The summed E-state index contributed by atoms with van der Waals surface area (Å²) < 4.78 is 0. The Balaban J connectivity index is 4.28. The lowest BCUT2D eigenvalue weighted by Crippen LogP contribution is -2.45. The molecular weight excluding hydrogens is 172 g/mol. The molecule has 84 valence electrons. The van der Waals surface area contributed by atoms with Crippen LogP contribution in [-0.4, -0.2) is 30.1 Å². The first-order valence-corrected chi connectivity index (χ1v) is 5.51. The van der Waals surface area contributed by atoms with Crippen molar-refractivity contribution < 1.29 is 0 Å². The van der Waals surface area contributed by atoms with E-state index in [0.717, 1.165) is 26.1 Å². The number of hydrogen-bond donors (Lipinski definition) is 1. The van der Waals surface area contributed by atoms with E-state index in [0.29, 0.717) is 5.92 Å². The molecule has 0 aliphatic rings. The van der Waals surface area contributed by atoms with Crippen molar-refractivity contribution in [3.8, 4) is 0 Å². The average molecular weight is 198 g/mol. The van der Waals surface area contributed by atoms with Gasteiger partial charge in [0.1, 0.15) is 0 Å². The number of nitrogens with zero attached hydrogens (tertiary/aromatic N) is 1. The van der Waals surface area contributed by atoms with Crippen LogP contribution in [0.4, 0.5) is 0 Å². The van der Waals surface area contributed by atoms with Crippen molar-refractivity contribution in [3.63, 3.8) is 0 Å². The predicted molar refractivity (Wildman–Crippen MR) is 64.4 cm³/mol. The minimum absolute atomic E-state index is 0.205. The van der Waals surface area contributed by atoms with Crippen LogP contribution in [0.1, 0.15) is 34.1 Å². The summed E-state index contributed by atoms with van der Waals surface area (Å²) in [6.07, 6.45) is 3.12. The molecule has 0 saturated carbocycles. The number of rotatable bonds is 6. The standard InChI is InChI=1S/C12H26N2/c1-6-8-14(12(3,4)5)10-11(7-2)9-13/h6,11H,1,7-10,13H2,2-5H3. The summed E-state index contributed by atoms with van der Waals surface area (Å²) in [7, 11) is 0. The Morgan fingerprint density at radius 3 is 2.29 bits per heavy atom. The van der Waals surface area contributed by atoms with Crippen molar-refractivity contribution >= 4 is 0 Å². The van der Waals surface area contributed by atoms with Gasteiger partial charge in [-0.2, -0.15) is 0 Å². The Kier molecular flexibility index (Phi) is 6.05. The third-order valence-corrected chi connectivity index (χ3v) is 2.69. The number of nitrogens with two attached hydrogens (primary N) is 1. The highest BCUT2D eigenvalue weighted by Crippen LogP contribution is 2.16. The summed E-state index contributed by atoms with van der Waals surface area (Å²) in [6, 6.07) is 0. The highest BCUT2D eigenvalue weighted by molar-refractivity contribution is 4.84. The Hall–Kier alpha value is -0.340. The molecule has 0 aromatic rings. The van der Waals surface area contributed by atoms with Gasteiger partial charge in [0.25, 0.3) is 0 Å². The second-order valence-electron chi connectivity index (χ2n) is 4.87. The molecule has 0 aromatic carbocycles. The van der Waals surface area contributed by atoms with E-state index in [1.165, 1.54) is 0 Å². The Labute approximate surface area is 89.2 Å². The first-order valence-electron chi connectivity index (χ1n) is 5.51. The molecule has 0 saturated heterocycles. The summed E-state index contributed by atoms with van der Waals surface area (Å²) in [5.41, 5.74) is 5.92. The van der Waals surface area contributed by atoms with Crippen LogP contribution in [-0.2, 0) is 0 Å². The lowest BCUT2D eigenvalue weighted by atomic mass is 10.0. The largest absolute Gasteiger partial charge is 0.330 e. The van der Waals surface area contributed by atoms with Crippen molar-refractivity contribution in [2.45, 2.75) is 39.7 Å². The minimum Gasteiger partial charge on any atom is -0.330 e. The molecule has 1 atom stereocenters. The molecule has 0 aliphatic heterocycles. The van der Waals surface area contributed by atoms with Gasteiger partial charge in [-0.3, -0.25) is 4.90 Å². The van der Waals surface area contributed by atoms with E-state index in [-0.39, 0.29) is 5.54 Å². The predicted octanol–water partition coefficient (Wildman–Crippen LogP) is 2.26. The second-order valence-corrected chi connectivity index (χ2v) is 4.87. The van der Waals surface area contributed by atoms with E-state index in [4.69, 9.17) is 5.73 Å². The third-order valence-electron chi connectivity index (χ3n) is 2.69. The minimum atomic E-state index is 0.205. The van der Waals surface area contributed by atoms with E-state index in [1.807, 2.05) is 6.08 Å². The lowest BCUT2D eigenvalue weighted by Gasteiger charge is -2.37. The van der Waals surface area contributed by atoms with Crippen molar-refractivity contribution in [2.24, 2.45) is 11.7 Å². The summed E-state index contributed by atoms with van der Waals surface area (Å²) >= 11 is 0. The molecule has 2 N–H and O–H groups in total. The molecule has 0 rings (SSSR count). The van der Waals surface area contributed by atoms with E-state index >= 15 is 0 Å². The molecule has 0 spiro atoms. The third kappa shape index (κ3) is 4.77. The molecule has 1 unspecified atom stereocenters. The molecule has 0 aliphatic carbocycles. The Morgan fingerprint density at radius 2 is 2.00 bits per heavy atom. The van der Waals surface area contributed by atoms with Crippen LogP contribution < -0.4 is 5.73 Å². The molecule has 0 radical (unpaired) electrons. The normalized spacial score (nSPS) is 14.4. The van der Waals surface area contributed by atoms with Gasteiger partial charge in [-0.15, -0.1) is 6.58 Å². The summed E-state index contributed by atoms with van der Waals surface area (Å²) in [5, 5.41) is 0. The van der Waals surface area contributed by atoms with Crippen molar-refractivity contribution in [3.05, 3.63) is 12.7 Å². The van der Waals surface area contributed by atoms with Crippen LogP contribution in [0.2, 0.25) is 0 Å². The van der Waals surface area contributed by atoms with Crippen LogP contribution >= 0.6 is 0 Å². The molecule has 0 fully saturated rings. The molecule has 2 nitrogen and oxygen atoms in total. The summed E-state index contributed by atoms with van der Waals surface area (Å²) in [5.74, 6) is 0.606. The van der Waals surface area contributed by atoms with Gasteiger partial charge in [0.05, 0.1) is 0 Å². The molecule has 14 heavy (non-hydrogen) atoms. The summed E-state index contributed by atoms with van der Waals surface area (Å²) in [6.45, 7) is 15.5. The average Bonchev–Trinajstić information content (AvgIpc) is 2.10. The van der Waals surface area contributed by atoms with Gasteiger partial charge in [0, 0.05) is 18.6 Å². The fourth-order valence-corrected chi connectivity index (χ4v) is 1.46. The maximum Gasteiger partial charge on any atom is 0.0165 e. The highest BCUT2D eigenvalue weighted by Gasteiger charge is 2.21. The van der Waals surface area contributed by atoms with Gasteiger partial charge in [0.2, 0.25) is 0 Å². The molecule has 0 amide bonds. The van der Waals surface area contributed by atoms with Crippen molar-refractivity contribution in [1.29, 1.82) is 0 Å². The Bertz CT molecular complexity index is 154. The van der Waals surface area contributed by atoms with E-state index in [2.05, 4.69) is 39.2 Å². The van der Waals surface area contributed by atoms with Gasteiger partial charge >= 0.3 is 0 Å². The zero-order chi connectivity index (χ0) is 11.2. The van der Waals surface area contributed by atoms with E-state index < -0.39 is 0 Å². The molecule has 2 heteroatoms. The van der Waals surface area contributed by atoms with Crippen LogP contribution in [0.5, 0.6) is 0 Å². The van der Waals surface area contributed by atoms with Gasteiger partial charge < -0.3 is 5.73 Å². The zero-order valence-electron chi connectivity index (χ0n) is 10.2. The SMILES string of the molecule is C=CCN(CC(CC)CN)C(C)(C)C. The van der Waals surface area contributed by atoms with Crippen molar-refractivity contribution in [2.75, 3.05) is 19.6 Å². The topological polar surface area (TPSA) is 29.3 Å². The quantitative estimate of drug-likeness (QED) is 0.663. The van der Waals surface area contributed by atoms with Gasteiger partial charge in [-0.25, -0.2) is 0 Å². The fourth-order valence-electron chi connectivity index (χ4n) is 1.46. The zero-order valence-corrected chi connectivity index (χ0v) is 10.2. The number of hydrogen-bond acceptors (Lipinski definition) is 2. The molecular formula is C12H26N2. The lowest BCUT2D eigenvalue weighted by molar-refractivity contribution is 0.129. The second kappa shape index (κ2) is 6.20. The van der Waals surface area contributed by atoms with E-state index in [9.17, 15) is 0 Å². The molecule has 0 bridgehead atoms. The monoisotopic (exact) mass is 198 g/mol. The maximum absolute atomic E-state index is 5.72. The van der Waals surface area contributed by atoms with Gasteiger partial charge in [-0.05, 0) is 33.2 Å². The highest BCUT2D eigenvalue weighted by atomic mass is 15.2. The van der Waals surface area contributed by atoms with Crippen LogP contribution in [0, 0.1) is 5.92 Å². The fraction of sp³-hybridized carbons (Fsp3) is 0.833. The van der Waals surface area contributed by atoms with Crippen LogP contribution in [0.25, 0.3) is 0 Å². The molecule has 0 heterocycles. The first-order chi connectivity index (χ1) is 6.45.